The molecule has 0 spiro atoms. The van der Waals surface area contributed by atoms with E-state index in [0.29, 0.717) is 28.9 Å². The first-order chi connectivity index (χ1) is 28.0. The zero-order valence-electron chi connectivity index (χ0n) is 32.6. The molecule has 0 aliphatic heterocycles. The first-order valence-corrected chi connectivity index (χ1v) is 18.6. The number of imidazole rings is 1. The number of aryl methyl sites for hydroxylation is 1. The molecule has 0 aliphatic carbocycles. The number of benzene rings is 3. The highest BCUT2D eigenvalue weighted by Crippen LogP contribution is 2.31. The van der Waals surface area contributed by atoms with Crippen LogP contribution in [0.2, 0.25) is 5.15 Å². The van der Waals surface area contributed by atoms with Crippen molar-refractivity contribution in [2.75, 3.05) is 13.7 Å². The van der Waals surface area contributed by atoms with Crippen LogP contribution in [-0.4, -0.2) is 73.4 Å². The van der Waals surface area contributed by atoms with Crippen LogP contribution in [-0.2, 0) is 59.5 Å². The molecule has 3 aromatic carbocycles. The number of halogens is 1. The Morgan fingerprint density at radius 3 is 2.24 bits per heavy atom. The number of unbranched alkanes of at least 4 members (excludes halogenated alkanes) is 1. The van der Waals surface area contributed by atoms with Crippen molar-refractivity contribution in [3.05, 3.63) is 116 Å². The van der Waals surface area contributed by atoms with Crippen LogP contribution in [0.15, 0.2) is 72.8 Å². The molecule has 18 nitrogen and oxygen atoms in total. The van der Waals surface area contributed by atoms with Gasteiger partial charge in [-0.2, -0.15) is 0 Å². The average molecular weight is 822 g/mol. The highest BCUT2D eigenvalue weighted by molar-refractivity contribution is 6.32. The van der Waals surface area contributed by atoms with Crippen LogP contribution in [0.1, 0.15) is 79.8 Å². The summed E-state index contributed by atoms with van der Waals surface area (Å²) in [5.74, 6) is 0.136. The van der Waals surface area contributed by atoms with Crippen molar-refractivity contribution in [3.8, 4) is 22.5 Å². The number of methoxy groups -OCH3 is 1. The second-order valence-corrected chi connectivity index (χ2v) is 12.7. The van der Waals surface area contributed by atoms with Gasteiger partial charge in [0.25, 0.3) is 11.6 Å². The van der Waals surface area contributed by atoms with E-state index in [2.05, 4.69) is 30.0 Å². The minimum absolute atomic E-state index is 0.00386. The van der Waals surface area contributed by atoms with Crippen molar-refractivity contribution in [1.29, 1.82) is 0 Å². The van der Waals surface area contributed by atoms with E-state index >= 15 is 0 Å². The lowest BCUT2D eigenvalue weighted by Gasteiger charge is -2.15. The Bertz CT molecular complexity index is 2120. The summed E-state index contributed by atoms with van der Waals surface area (Å²) in [5.41, 5.74) is 4.22. The minimum atomic E-state index is -1.11. The molecule has 0 aliphatic rings. The number of rotatable bonds is 19. The largest absolute Gasteiger partial charge is 0.510 e. The summed E-state index contributed by atoms with van der Waals surface area (Å²) in [7, 11) is 1.68. The van der Waals surface area contributed by atoms with Gasteiger partial charge in [-0.1, -0.05) is 97.7 Å². The van der Waals surface area contributed by atoms with Gasteiger partial charge >= 0.3 is 12.1 Å². The molecule has 5 aromatic rings. The molecular formula is C39H44ClN7O11. The maximum absolute atomic E-state index is 13.1. The van der Waals surface area contributed by atoms with Crippen molar-refractivity contribution >= 4 is 30.2 Å². The van der Waals surface area contributed by atoms with Gasteiger partial charge in [-0.15, -0.1) is 25.1 Å². The van der Waals surface area contributed by atoms with Crippen LogP contribution in [0, 0.1) is 10.1 Å². The molecule has 2 heterocycles. The summed E-state index contributed by atoms with van der Waals surface area (Å²) in [5, 5.41) is 22.4. The Morgan fingerprint density at radius 2 is 1.60 bits per heavy atom. The third kappa shape index (κ3) is 12.6. The van der Waals surface area contributed by atoms with Crippen LogP contribution in [0.5, 0.6) is 0 Å². The van der Waals surface area contributed by atoms with Gasteiger partial charge in [0, 0.05) is 39.2 Å². The van der Waals surface area contributed by atoms with E-state index in [0.717, 1.165) is 40.9 Å². The van der Waals surface area contributed by atoms with E-state index in [-0.39, 0.29) is 42.9 Å². The van der Waals surface area contributed by atoms with Gasteiger partial charge in [-0.05, 0) is 53.3 Å². The van der Waals surface area contributed by atoms with Gasteiger partial charge in [0.2, 0.25) is 18.3 Å². The zero-order chi connectivity index (χ0) is 42.0. The second-order valence-electron chi connectivity index (χ2n) is 12.3. The molecule has 0 fully saturated rings. The summed E-state index contributed by atoms with van der Waals surface area (Å²) in [4.78, 5) is 56.9. The van der Waals surface area contributed by atoms with Gasteiger partial charge in [0.1, 0.15) is 19.0 Å². The predicted molar refractivity (Wildman–Crippen MR) is 207 cm³/mol. The van der Waals surface area contributed by atoms with Crippen LogP contribution < -0.4 is 0 Å². The Kier molecular flexibility index (Phi) is 17.1. The third-order valence-electron chi connectivity index (χ3n) is 8.34. The molecule has 0 bridgehead atoms. The Labute approximate surface area is 339 Å². The van der Waals surface area contributed by atoms with E-state index in [1.807, 2.05) is 62.4 Å². The molecular weight excluding hydrogens is 778 g/mol. The lowest BCUT2D eigenvalue weighted by atomic mass is 9.98. The van der Waals surface area contributed by atoms with Crippen LogP contribution in [0.3, 0.4) is 0 Å². The van der Waals surface area contributed by atoms with Crippen molar-refractivity contribution in [2.24, 2.45) is 0 Å². The molecule has 5 rings (SSSR count). The number of aromatic nitrogens is 6. The Balaban J connectivity index is 0.00000178. The molecule has 19 heteroatoms. The summed E-state index contributed by atoms with van der Waals surface area (Å²) < 4.78 is 26.8. The summed E-state index contributed by atoms with van der Waals surface area (Å²) in [6.45, 7) is 7.76. The van der Waals surface area contributed by atoms with Gasteiger partial charge < -0.3 is 33.1 Å². The average Bonchev–Trinajstić information content (AvgIpc) is 3.84. The number of ether oxygens (including phenoxy) is 5. The van der Waals surface area contributed by atoms with Crippen LogP contribution in [0.4, 0.5) is 4.79 Å². The molecule has 0 saturated heterocycles. The van der Waals surface area contributed by atoms with Gasteiger partial charge in [-0.3, -0.25) is 4.79 Å². The van der Waals surface area contributed by atoms with Crippen LogP contribution >= 0.6 is 11.6 Å². The quantitative estimate of drug-likeness (QED) is 0.0266. The molecule has 0 amide bonds. The first-order valence-electron chi connectivity index (χ1n) is 18.2. The molecule has 0 saturated carbocycles. The van der Waals surface area contributed by atoms with Crippen LogP contribution in [0.25, 0.3) is 22.5 Å². The minimum Gasteiger partial charge on any atom is -0.429 e. The number of tetrazole rings is 1. The highest BCUT2D eigenvalue weighted by atomic mass is 35.5. The van der Waals surface area contributed by atoms with Gasteiger partial charge in [0.15, 0.2) is 10.8 Å². The lowest BCUT2D eigenvalue weighted by molar-refractivity contribution is -0.763. The highest BCUT2D eigenvalue weighted by Gasteiger charge is 2.26. The monoisotopic (exact) mass is 821 g/mol. The summed E-state index contributed by atoms with van der Waals surface area (Å²) in [6.07, 6.45) is -0.773. The summed E-state index contributed by atoms with van der Waals surface area (Å²) >= 11 is 6.42. The van der Waals surface area contributed by atoms with E-state index < -0.39 is 29.7 Å². The SMILES string of the molecule is CCCCc1nc(Cl)c(C(=O)OC(C)OC=O)n1Cc1ccc(-c2ccccc2-c2nnn(C(C)OC(=O)OCc3ccccc3CO[N+](=O)[O-])n2)cc1.CCOC. The fourth-order valence-corrected chi connectivity index (χ4v) is 5.65. The summed E-state index contributed by atoms with van der Waals surface area (Å²) in [6, 6.07) is 21.8. The lowest BCUT2D eigenvalue weighted by Crippen LogP contribution is -2.21. The topological polar surface area (TPSA) is 211 Å². The number of nitrogens with zero attached hydrogens (tertiary/aromatic N) is 7. The molecule has 2 unspecified atom stereocenters. The van der Waals surface area contributed by atoms with Crippen molar-refractivity contribution in [2.45, 2.75) is 79.2 Å². The van der Waals surface area contributed by atoms with E-state index in [1.165, 1.54) is 6.92 Å². The fourth-order valence-electron chi connectivity index (χ4n) is 5.38. The number of esters is 1. The fraction of sp³-hybridized carbons (Fsp3) is 0.359. The van der Waals surface area contributed by atoms with E-state index in [9.17, 15) is 24.5 Å². The number of carbonyl (C=O) groups excluding carboxylic acids is 3. The molecule has 0 N–H and O–H groups in total. The molecule has 2 atom stereocenters. The standard InChI is InChI=1S/C36H36ClN7O10.C3H8O/c1-4-5-14-31-38-33(37)32(35(46)54-24(3)51-22-45)42(31)19-25-15-17-26(18-16-25)29-12-8-9-13-30(29)34-39-41-43(40-34)23(2)53-36(47)50-20-27-10-6-7-11-28(27)21-52-44(48)49;1-3-4-2/h6-13,15-18,22-24H,4-5,14,19-21H2,1-3H3;3H2,1-2H3. The Morgan fingerprint density at radius 1 is 0.948 bits per heavy atom. The van der Waals surface area contributed by atoms with E-state index in [4.69, 9.17) is 30.5 Å². The normalized spacial score (nSPS) is 11.7. The number of hydrogen-bond donors (Lipinski definition) is 0. The first kappa shape index (κ1) is 44.3. The molecule has 2 aromatic heterocycles. The van der Waals surface area contributed by atoms with E-state index in [1.54, 1.807) is 42.9 Å². The Hall–Kier alpha value is -6.40. The number of carbonyl (C=O) groups is 3. The molecule has 58 heavy (non-hydrogen) atoms. The second kappa shape index (κ2) is 22.4. The zero-order valence-corrected chi connectivity index (χ0v) is 33.4. The smallest absolute Gasteiger partial charge is 0.429 e. The number of hydrogen-bond acceptors (Lipinski definition) is 15. The predicted octanol–water partition coefficient (Wildman–Crippen LogP) is 7.16. The maximum Gasteiger partial charge on any atom is 0.510 e. The van der Waals surface area contributed by atoms with Crippen molar-refractivity contribution in [3.63, 3.8) is 0 Å². The van der Waals surface area contributed by atoms with Gasteiger partial charge in [-0.25, -0.2) is 14.6 Å². The van der Waals surface area contributed by atoms with Crippen molar-refractivity contribution in [1.82, 2.24) is 29.8 Å². The van der Waals surface area contributed by atoms with Crippen molar-refractivity contribution < 1.29 is 48.0 Å². The molecule has 308 valence electrons. The maximum atomic E-state index is 13.1. The molecule has 0 radical (unpaired) electrons. The third-order valence-corrected chi connectivity index (χ3v) is 8.61. The van der Waals surface area contributed by atoms with Gasteiger partial charge in [0.05, 0.1) is 0 Å².